The number of aromatic nitrogens is 2. The Balaban J connectivity index is 1.61. The van der Waals surface area contributed by atoms with Gasteiger partial charge in [-0.15, -0.1) is 0 Å². The van der Waals surface area contributed by atoms with Crippen LogP contribution < -0.4 is 5.32 Å². The molecule has 0 fully saturated rings. The Morgan fingerprint density at radius 2 is 1.82 bits per heavy atom. The van der Waals surface area contributed by atoms with Crippen LogP contribution in [0.25, 0.3) is 6.08 Å². The molecule has 4 nitrogen and oxygen atoms in total. The van der Waals surface area contributed by atoms with Gasteiger partial charge in [0, 0.05) is 22.9 Å². The molecule has 1 amide bonds. The fourth-order valence-corrected chi connectivity index (χ4v) is 2.95. The lowest BCUT2D eigenvalue weighted by molar-refractivity contribution is -0.111. The van der Waals surface area contributed by atoms with E-state index in [-0.39, 0.29) is 5.91 Å². The van der Waals surface area contributed by atoms with Crippen LogP contribution in [-0.2, 0) is 11.3 Å². The van der Waals surface area contributed by atoms with Gasteiger partial charge in [0.05, 0.1) is 6.54 Å². The highest BCUT2D eigenvalue weighted by molar-refractivity contribution is 6.30. The van der Waals surface area contributed by atoms with E-state index in [4.69, 9.17) is 11.6 Å². The molecule has 0 bridgehead atoms. The molecule has 0 aliphatic carbocycles. The molecule has 3 rings (SSSR count). The van der Waals surface area contributed by atoms with Gasteiger partial charge in [-0.05, 0) is 47.7 Å². The highest BCUT2D eigenvalue weighted by Gasteiger charge is 2.07. The maximum Gasteiger partial charge on any atom is 0.249 e. The van der Waals surface area contributed by atoms with Crippen LogP contribution in [0.3, 0.4) is 0 Å². The first kappa shape index (κ1) is 19.9. The van der Waals surface area contributed by atoms with Crippen molar-refractivity contribution in [2.24, 2.45) is 0 Å². The Hall–Kier alpha value is -2.85. The fourth-order valence-electron chi connectivity index (χ4n) is 2.83. The summed E-state index contributed by atoms with van der Waals surface area (Å²) in [5.41, 5.74) is 4.34. The summed E-state index contributed by atoms with van der Waals surface area (Å²) in [6, 6.07) is 17.7. The monoisotopic (exact) mass is 393 g/mol. The van der Waals surface area contributed by atoms with Gasteiger partial charge in [-0.2, -0.15) is 5.10 Å². The average molecular weight is 394 g/mol. The number of amides is 1. The van der Waals surface area contributed by atoms with Gasteiger partial charge < -0.3 is 5.32 Å². The van der Waals surface area contributed by atoms with Crippen molar-refractivity contribution in [2.45, 2.75) is 33.2 Å². The maximum atomic E-state index is 12.2. The van der Waals surface area contributed by atoms with Gasteiger partial charge in [-0.1, -0.05) is 61.8 Å². The van der Waals surface area contributed by atoms with Crippen LogP contribution in [-0.4, -0.2) is 15.7 Å². The average Bonchev–Trinajstić information content (AvgIpc) is 3.01. The van der Waals surface area contributed by atoms with Gasteiger partial charge in [0.25, 0.3) is 0 Å². The first-order valence-electron chi connectivity index (χ1n) is 9.28. The summed E-state index contributed by atoms with van der Waals surface area (Å²) in [4.78, 5) is 12.2. The first-order valence-corrected chi connectivity index (χ1v) is 9.66. The largest absolute Gasteiger partial charge is 0.306 e. The molecule has 0 saturated heterocycles. The Morgan fingerprint density at radius 1 is 1.14 bits per heavy atom. The van der Waals surface area contributed by atoms with Crippen molar-refractivity contribution in [3.8, 4) is 0 Å². The fraction of sp³-hybridized carbons (Fsp3) is 0.217. The molecule has 28 heavy (non-hydrogen) atoms. The zero-order valence-corrected chi connectivity index (χ0v) is 17.1. The van der Waals surface area contributed by atoms with E-state index in [0.29, 0.717) is 23.3 Å². The number of nitrogens with one attached hydrogen (secondary N) is 1. The van der Waals surface area contributed by atoms with Crippen molar-refractivity contribution >= 4 is 29.4 Å². The third kappa shape index (κ3) is 5.33. The summed E-state index contributed by atoms with van der Waals surface area (Å²) >= 11 is 5.93. The predicted molar refractivity (Wildman–Crippen MR) is 116 cm³/mol. The number of carbonyl (C=O) groups is 1. The third-order valence-corrected chi connectivity index (χ3v) is 4.76. The second kappa shape index (κ2) is 8.89. The van der Waals surface area contributed by atoms with E-state index in [1.165, 1.54) is 11.6 Å². The van der Waals surface area contributed by atoms with Crippen LogP contribution in [0.2, 0.25) is 5.02 Å². The van der Waals surface area contributed by atoms with E-state index < -0.39 is 0 Å². The quantitative estimate of drug-likeness (QED) is 0.548. The lowest BCUT2D eigenvalue weighted by Gasteiger charge is -2.05. The molecule has 0 radical (unpaired) electrons. The Bertz CT molecular complexity index is 970. The number of aryl methyl sites for hydroxylation is 1. The smallest absolute Gasteiger partial charge is 0.249 e. The number of anilines is 1. The molecule has 5 heteroatoms. The van der Waals surface area contributed by atoms with Gasteiger partial charge >= 0.3 is 0 Å². The minimum absolute atomic E-state index is 0.205. The highest BCUT2D eigenvalue weighted by Crippen LogP contribution is 2.16. The minimum Gasteiger partial charge on any atom is -0.306 e. The summed E-state index contributed by atoms with van der Waals surface area (Å²) < 4.78 is 1.85. The molecule has 1 aromatic heterocycles. The van der Waals surface area contributed by atoms with Gasteiger partial charge in [-0.3, -0.25) is 9.48 Å². The third-order valence-electron chi connectivity index (χ3n) is 4.51. The normalized spacial score (nSPS) is 11.3. The molecule has 144 valence electrons. The van der Waals surface area contributed by atoms with Crippen LogP contribution in [0.4, 0.5) is 5.82 Å². The molecule has 0 saturated carbocycles. The molecule has 0 atom stereocenters. The van der Waals surface area contributed by atoms with E-state index in [2.05, 4.69) is 36.4 Å². The second-order valence-electron chi connectivity index (χ2n) is 7.10. The van der Waals surface area contributed by atoms with E-state index >= 15 is 0 Å². The molecular formula is C23H24ClN3O. The summed E-state index contributed by atoms with van der Waals surface area (Å²) in [7, 11) is 0. The molecule has 1 N–H and O–H groups in total. The molecule has 0 spiro atoms. The van der Waals surface area contributed by atoms with Gasteiger partial charge in [0.2, 0.25) is 5.91 Å². The van der Waals surface area contributed by atoms with Crippen molar-refractivity contribution in [2.75, 3.05) is 5.32 Å². The van der Waals surface area contributed by atoms with Crippen LogP contribution in [0.15, 0.2) is 60.7 Å². The van der Waals surface area contributed by atoms with Gasteiger partial charge in [0.15, 0.2) is 5.82 Å². The number of hydrogen-bond acceptors (Lipinski definition) is 2. The number of hydrogen-bond donors (Lipinski definition) is 1. The Labute approximate surface area is 170 Å². The summed E-state index contributed by atoms with van der Waals surface area (Å²) in [6.45, 7) is 6.90. The van der Waals surface area contributed by atoms with E-state index in [0.717, 1.165) is 16.8 Å². The predicted octanol–water partition coefficient (Wildman–Crippen LogP) is 5.67. The van der Waals surface area contributed by atoms with Crippen LogP contribution in [0.5, 0.6) is 0 Å². The van der Waals surface area contributed by atoms with Crippen molar-refractivity contribution < 1.29 is 4.79 Å². The minimum atomic E-state index is -0.205. The Morgan fingerprint density at radius 3 is 2.46 bits per heavy atom. The molecule has 2 aromatic carbocycles. The van der Waals surface area contributed by atoms with Crippen LogP contribution in [0, 0.1) is 6.92 Å². The lowest BCUT2D eigenvalue weighted by Crippen LogP contribution is -2.09. The second-order valence-corrected chi connectivity index (χ2v) is 7.54. The van der Waals surface area contributed by atoms with Gasteiger partial charge in [0.1, 0.15) is 0 Å². The highest BCUT2D eigenvalue weighted by atomic mass is 35.5. The standard InChI is InChI=1S/C23H24ClN3O/c1-16(2)20-9-4-18(5-10-20)8-13-23(28)25-22-14-17(3)27(26-22)15-19-6-11-21(24)12-7-19/h4-14,16H,15H2,1-3H3,(H,25,26,28)/b13-8+. The number of nitrogens with zero attached hydrogens (tertiary/aromatic N) is 2. The molecule has 1 heterocycles. The van der Waals surface area contributed by atoms with Crippen molar-refractivity contribution in [3.05, 3.63) is 88.1 Å². The summed E-state index contributed by atoms with van der Waals surface area (Å²) in [6.07, 6.45) is 3.33. The van der Waals surface area contributed by atoms with Gasteiger partial charge in [-0.25, -0.2) is 0 Å². The summed E-state index contributed by atoms with van der Waals surface area (Å²) in [5, 5.41) is 8.00. The van der Waals surface area contributed by atoms with E-state index in [9.17, 15) is 4.79 Å². The molecular weight excluding hydrogens is 370 g/mol. The molecule has 0 aliphatic heterocycles. The topological polar surface area (TPSA) is 46.9 Å². The number of halogens is 1. The Kier molecular flexibility index (Phi) is 6.32. The number of rotatable bonds is 6. The van der Waals surface area contributed by atoms with Crippen LogP contribution in [0.1, 0.15) is 42.1 Å². The van der Waals surface area contributed by atoms with Crippen molar-refractivity contribution in [1.29, 1.82) is 0 Å². The molecule has 3 aromatic rings. The molecule has 0 aliphatic rings. The zero-order chi connectivity index (χ0) is 20.1. The van der Waals surface area contributed by atoms with Crippen molar-refractivity contribution in [3.63, 3.8) is 0 Å². The SMILES string of the molecule is Cc1cc(NC(=O)/C=C/c2ccc(C(C)C)cc2)nn1Cc1ccc(Cl)cc1. The van der Waals surface area contributed by atoms with Crippen molar-refractivity contribution in [1.82, 2.24) is 9.78 Å². The first-order chi connectivity index (χ1) is 13.4. The lowest BCUT2D eigenvalue weighted by atomic mass is 10.0. The molecule has 0 unspecified atom stereocenters. The number of benzene rings is 2. The summed E-state index contributed by atoms with van der Waals surface area (Å²) in [5.74, 6) is 0.827. The van der Waals surface area contributed by atoms with Crippen LogP contribution >= 0.6 is 11.6 Å². The zero-order valence-electron chi connectivity index (χ0n) is 16.3. The van der Waals surface area contributed by atoms with E-state index in [1.807, 2.05) is 54.1 Å². The maximum absolute atomic E-state index is 12.2. The number of carbonyl (C=O) groups excluding carboxylic acids is 1. The van der Waals surface area contributed by atoms with E-state index in [1.54, 1.807) is 6.08 Å².